The van der Waals surface area contributed by atoms with Gasteiger partial charge >= 0.3 is 6.18 Å². The van der Waals surface area contributed by atoms with Crippen LogP contribution in [0.25, 0.3) is 0 Å². The molecule has 1 aromatic carbocycles. The molecule has 0 aliphatic carbocycles. The summed E-state index contributed by atoms with van der Waals surface area (Å²) in [6, 6.07) is 5.45. The minimum absolute atomic E-state index is 0.0644. The van der Waals surface area contributed by atoms with E-state index in [0.29, 0.717) is 12.2 Å². The summed E-state index contributed by atoms with van der Waals surface area (Å²) < 4.78 is 37.5. The van der Waals surface area contributed by atoms with E-state index in [1.807, 2.05) is 4.90 Å². The summed E-state index contributed by atoms with van der Waals surface area (Å²) in [4.78, 5) is 1.89. The second-order valence-electron chi connectivity index (χ2n) is 4.04. The minimum atomic E-state index is -4.28. The third kappa shape index (κ3) is 2.29. The van der Waals surface area contributed by atoms with Gasteiger partial charge in [-0.1, -0.05) is 6.07 Å². The van der Waals surface area contributed by atoms with Gasteiger partial charge in [0.1, 0.15) is 0 Å². The molecule has 0 unspecified atom stereocenters. The molecular weight excluding hydrogens is 217 g/mol. The molecule has 0 saturated carbocycles. The highest BCUT2D eigenvalue weighted by Crippen LogP contribution is 2.32. The monoisotopic (exact) mass is 230 g/mol. The number of hydrogen-bond donors (Lipinski definition) is 1. The average Bonchev–Trinajstić information content (AvgIpc) is 2.64. The molecule has 16 heavy (non-hydrogen) atoms. The standard InChI is InChI=1S/C11H13F3N2/c12-11(13,14)8-2-1-3-10(6-8)16-5-4-9(15)7-16/h1-3,6,9H,4-5,7,15H2/t9-/m1/s1. The van der Waals surface area contributed by atoms with Crippen molar-refractivity contribution >= 4 is 5.69 Å². The van der Waals surface area contributed by atoms with Gasteiger partial charge in [-0.05, 0) is 24.6 Å². The zero-order chi connectivity index (χ0) is 11.8. The predicted molar refractivity (Wildman–Crippen MR) is 56.2 cm³/mol. The number of nitrogens with two attached hydrogens (primary N) is 1. The van der Waals surface area contributed by atoms with Crippen LogP contribution in [0.1, 0.15) is 12.0 Å². The Labute approximate surface area is 91.8 Å². The summed E-state index contributed by atoms with van der Waals surface area (Å²) in [5, 5.41) is 0. The lowest BCUT2D eigenvalue weighted by Gasteiger charge is -2.19. The van der Waals surface area contributed by atoms with Crippen LogP contribution in [0.5, 0.6) is 0 Å². The Morgan fingerprint density at radius 1 is 1.31 bits per heavy atom. The second kappa shape index (κ2) is 3.97. The van der Waals surface area contributed by atoms with Crippen LogP contribution in [0.3, 0.4) is 0 Å². The molecule has 0 bridgehead atoms. The first-order valence-corrected chi connectivity index (χ1v) is 5.14. The highest BCUT2D eigenvalue weighted by molar-refractivity contribution is 5.50. The first-order valence-electron chi connectivity index (χ1n) is 5.14. The predicted octanol–water partition coefficient (Wildman–Crippen LogP) is 2.24. The quantitative estimate of drug-likeness (QED) is 0.801. The Balaban J connectivity index is 2.23. The maximum atomic E-state index is 12.5. The van der Waals surface area contributed by atoms with E-state index >= 15 is 0 Å². The first-order chi connectivity index (χ1) is 7.47. The van der Waals surface area contributed by atoms with Crippen LogP contribution in [-0.2, 0) is 6.18 Å². The molecule has 2 rings (SSSR count). The molecule has 1 atom stereocenters. The highest BCUT2D eigenvalue weighted by atomic mass is 19.4. The zero-order valence-corrected chi connectivity index (χ0v) is 8.67. The number of alkyl halides is 3. The number of benzene rings is 1. The molecule has 1 aromatic rings. The molecule has 0 aromatic heterocycles. The van der Waals surface area contributed by atoms with E-state index in [2.05, 4.69) is 0 Å². The van der Waals surface area contributed by atoms with Gasteiger partial charge in [0.25, 0.3) is 0 Å². The van der Waals surface area contributed by atoms with Crippen LogP contribution >= 0.6 is 0 Å². The van der Waals surface area contributed by atoms with Crippen LogP contribution in [0.15, 0.2) is 24.3 Å². The Hall–Kier alpha value is -1.23. The number of anilines is 1. The van der Waals surface area contributed by atoms with Gasteiger partial charge in [0.05, 0.1) is 5.56 Å². The Kier molecular flexibility index (Phi) is 2.80. The minimum Gasteiger partial charge on any atom is -0.370 e. The molecule has 0 spiro atoms. The van der Waals surface area contributed by atoms with Crippen LogP contribution in [0.4, 0.5) is 18.9 Å². The van der Waals surface area contributed by atoms with Gasteiger partial charge in [-0.3, -0.25) is 0 Å². The molecular formula is C11H13F3N2. The number of halogens is 3. The molecule has 1 aliphatic heterocycles. The third-order valence-electron chi connectivity index (χ3n) is 2.76. The fourth-order valence-electron chi connectivity index (χ4n) is 1.90. The molecule has 2 N–H and O–H groups in total. The van der Waals surface area contributed by atoms with Crippen LogP contribution in [-0.4, -0.2) is 19.1 Å². The third-order valence-corrected chi connectivity index (χ3v) is 2.76. The Morgan fingerprint density at radius 2 is 2.06 bits per heavy atom. The summed E-state index contributed by atoms with van der Waals surface area (Å²) >= 11 is 0. The van der Waals surface area contributed by atoms with E-state index in [1.165, 1.54) is 12.1 Å². The normalized spacial score (nSPS) is 21.5. The van der Waals surface area contributed by atoms with Crippen LogP contribution in [0.2, 0.25) is 0 Å². The van der Waals surface area contributed by atoms with Gasteiger partial charge in [0, 0.05) is 24.8 Å². The van der Waals surface area contributed by atoms with Crippen molar-refractivity contribution < 1.29 is 13.2 Å². The molecule has 0 amide bonds. The van der Waals surface area contributed by atoms with Gasteiger partial charge < -0.3 is 10.6 Å². The summed E-state index contributed by atoms with van der Waals surface area (Å²) in [5.41, 5.74) is 5.72. The van der Waals surface area contributed by atoms with Gasteiger partial charge in [0.2, 0.25) is 0 Å². The second-order valence-corrected chi connectivity index (χ2v) is 4.04. The van der Waals surface area contributed by atoms with Gasteiger partial charge in [-0.15, -0.1) is 0 Å². The maximum absolute atomic E-state index is 12.5. The molecule has 1 fully saturated rings. The molecule has 2 nitrogen and oxygen atoms in total. The summed E-state index contributed by atoms with van der Waals surface area (Å²) in [6.07, 6.45) is -3.45. The highest BCUT2D eigenvalue weighted by Gasteiger charge is 2.31. The molecule has 1 heterocycles. The number of nitrogens with zero attached hydrogens (tertiary/aromatic N) is 1. The van der Waals surface area contributed by atoms with E-state index in [4.69, 9.17) is 5.73 Å². The number of rotatable bonds is 1. The van der Waals surface area contributed by atoms with Crippen molar-refractivity contribution in [2.45, 2.75) is 18.6 Å². The summed E-state index contributed by atoms with van der Waals surface area (Å²) in [7, 11) is 0. The van der Waals surface area contributed by atoms with Gasteiger partial charge in [-0.2, -0.15) is 13.2 Å². The summed E-state index contributed by atoms with van der Waals surface area (Å²) in [6.45, 7) is 1.35. The summed E-state index contributed by atoms with van der Waals surface area (Å²) in [5.74, 6) is 0. The van der Waals surface area contributed by atoms with E-state index in [9.17, 15) is 13.2 Å². The van der Waals surface area contributed by atoms with Crippen molar-refractivity contribution in [1.82, 2.24) is 0 Å². The Morgan fingerprint density at radius 3 is 2.62 bits per heavy atom. The first kappa shape index (κ1) is 11.3. The molecule has 1 aliphatic rings. The number of hydrogen-bond acceptors (Lipinski definition) is 2. The molecule has 5 heteroatoms. The average molecular weight is 230 g/mol. The van der Waals surface area contributed by atoms with Crippen molar-refractivity contribution in [3.63, 3.8) is 0 Å². The SMILES string of the molecule is N[C@@H]1CCN(c2cccc(C(F)(F)F)c2)C1. The van der Waals surface area contributed by atoms with Gasteiger partial charge in [0.15, 0.2) is 0 Å². The maximum Gasteiger partial charge on any atom is 0.416 e. The van der Waals surface area contributed by atoms with Crippen molar-refractivity contribution in [3.8, 4) is 0 Å². The smallest absolute Gasteiger partial charge is 0.370 e. The lowest BCUT2D eigenvalue weighted by atomic mass is 10.2. The molecule has 0 radical (unpaired) electrons. The lowest BCUT2D eigenvalue weighted by Crippen LogP contribution is -2.26. The topological polar surface area (TPSA) is 29.3 Å². The zero-order valence-electron chi connectivity index (χ0n) is 8.67. The fourth-order valence-corrected chi connectivity index (χ4v) is 1.90. The van der Waals surface area contributed by atoms with Crippen molar-refractivity contribution in [1.29, 1.82) is 0 Å². The van der Waals surface area contributed by atoms with E-state index in [-0.39, 0.29) is 6.04 Å². The van der Waals surface area contributed by atoms with Crippen LogP contribution < -0.4 is 10.6 Å². The van der Waals surface area contributed by atoms with Crippen molar-refractivity contribution in [2.24, 2.45) is 5.73 Å². The molecule has 88 valence electrons. The van der Waals surface area contributed by atoms with E-state index < -0.39 is 11.7 Å². The van der Waals surface area contributed by atoms with E-state index in [0.717, 1.165) is 19.0 Å². The Bertz CT molecular complexity index is 376. The fraction of sp³-hybridized carbons (Fsp3) is 0.455. The largest absolute Gasteiger partial charge is 0.416 e. The van der Waals surface area contributed by atoms with Crippen molar-refractivity contribution in [2.75, 3.05) is 18.0 Å². The van der Waals surface area contributed by atoms with Crippen LogP contribution in [0, 0.1) is 0 Å². The lowest BCUT2D eigenvalue weighted by molar-refractivity contribution is -0.137. The van der Waals surface area contributed by atoms with Crippen molar-refractivity contribution in [3.05, 3.63) is 29.8 Å². The molecule has 1 saturated heterocycles. The van der Waals surface area contributed by atoms with Gasteiger partial charge in [-0.25, -0.2) is 0 Å². The van der Waals surface area contributed by atoms with E-state index in [1.54, 1.807) is 6.07 Å².